The molecule has 2 N–H and O–H groups in total. The summed E-state index contributed by atoms with van der Waals surface area (Å²) >= 11 is 5.90. The second-order valence-corrected chi connectivity index (χ2v) is 7.13. The first kappa shape index (κ1) is 14.7. The van der Waals surface area contributed by atoms with Crippen molar-refractivity contribution in [3.05, 3.63) is 28.8 Å². The van der Waals surface area contributed by atoms with E-state index in [-0.39, 0.29) is 0 Å². The fourth-order valence-electron chi connectivity index (χ4n) is 3.29. The highest BCUT2D eigenvalue weighted by atomic mass is 35.5. The lowest BCUT2D eigenvalue weighted by atomic mass is 9.71. The van der Waals surface area contributed by atoms with E-state index in [9.17, 15) is 0 Å². The van der Waals surface area contributed by atoms with Gasteiger partial charge in [0.25, 0.3) is 0 Å². The molecule has 1 aromatic carbocycles. The zero-order valence-electron chi connectivity index (χ0n) is 12.1. The van der Waals surface area contributed by atoms with Gasteiger partial charge in [-0.05, 0) is 42.7 Å². The highest BCUT2D eigenvalue weighted by Crippen LogP contribution is 2.40. The van der Waals surface area contributed by atoms with Gasteiger partial charge in [0.2, 0.25) is 0 Å². The van der Waals surface area contributed by atoms with E-state index in [1.165, 1.54) is 6.42 Å². The van der Waals surface area contributed by atoms with E-state index in [2.05, 4.69) is 20.8 Å². The summed E-state index contributed by atoms with van der Waals surface area (Å²) in [7, 11) is 0. The number of hydrogen-bond acceptors (Lipinski definition) is 2. The molecule has 3 heteroatoms. The van der Waals surface area contributed by atoms with Crippen LogP contribution in [-0.2, 0) is 11.3 Å². The number of rotatable bonds is 3. The summed E-state index contributed by atoms with van der Waals surface area (Å²) in [4.78, 5) is 0. The van der Waals surface area contributed by atoms with Crippen molar-refractivity contribution in [2.75, 3.05) is 5.73 Å². The summed E-state index contributed by atoms with van der Waals surface area (Å²) < 4.78 is 6.07. The van der Waals surface area contributed by atoms with Gasteiger partial charge in [-0.15, -0.1) is 0 Å². The van der Waals surface area contributed by atoms with Gasteiger partial charge in [-0.1, -0.05) is 38.4 Å². The van der Waals surface area contributed by atoms with Crippen LogP contribution in [0.25, 0.3) is 0 Å². The average Bonchev–Trinajstić information content (AvgIpc) is 2.25. The van der Waals surface area contributed by atoms with Crippen molar-refractivity contribution in [1.29, 1.82) is 0 Å². The van der Waals surface area contributed by atoms with Crippen LogP contribution in [0.15, 0.2) is 18.2 Å². The quantitative estimate of drug-likeness (QED) is 0.818. The first-order chi connectivity index (χ1) is 8.85. The van der Waals surface area contributed by atoms with Crippen LogP contribution < -0.4 is 5.73 Å². The molecule has 1 fully saturated rings. The van der Waals surface area contributed by atoms with E-state index in [1.54, 1.807) is 6.07 Å². The normalized spacial score (nSPS) is 26.3. The van der Waals surface area contributed by atoms with Crippen LogP contribution in [-0.4, -0.2) is 6.10 Å². The molecule has 1 aliphatic rings. The fourth-order valence-corrected chi connectivity index (χ4v) is 3.47. The van der Waals surface area contributed by atoms with Crippen molar-refractivity contribution in [2.45, 2.75) is 52.7 Å². The van der Waals surface area contributed by atoms with Gasteiger partial charge in [0, 0.05) is 16.3 Å². The lowest BCUT2D eigenvalue weighted by Crippen LogP contribution is -2.32. The Hall–Kier alpha value is -0.730. The molecule has 2 atom stereocenters. The Kier molecular flexibility index (Phi) is 4.42. The van der Waals surface area contributed by atoms with Crippen LogP contribution >= 0.6 is 11.6 Å². The van der Waals surface area contributed by atoms with E-state index in [0.29, 0.717) is 23.1 Å². The molecule has 2 unspecified atom stereocenters. The molecule has 0 amide bonds. The van der Waals surface area contributed by atoms with Gasteiger partial charge in [-0.3, -0.25) is 0 Å². The van der Waals surface area contributed by atoms with E-state index < -0.39 is 0 Å². The van der Waals surface area contributed by atoms with E-state index in [4.69, 9.17) is 22.1 Å². The summed E-state index contributed by atoms with van der Waals surface area (Å²) in [6, 6.07) is 5.60. The molecule has 0 saturated heterocycles. The van der Waals surface area contributed by atoms with Crippen LogP contribution in [0.2, 0.25) is 5.02 Å². The molecular formula is C16H24ClNO. The number of anilines is 1. The molecule has 1 saturated carbocycles. The fraction of sp³-hybridized carbons (Fsp3) is 0.625. The van der Waals surface area contributed by atoms with E-state index >= 15 is 0 Å². The van der Waals surface area contributed by atoms with Crippen molar-refractivity contribution < 1.29 is 4.74 Å². The Morgan fingerprint density at radius 1 is 1.37 bits per heavy atom. The summed E-state index contributed by atoms with van der Waals surface area (Å²) in [5, 5.41) is 0.675. The van der Waals surface area contributed by atoms with Gasteiger partial charge in [0.1, 0.15) is 0 Å². The number of hydrogen-bond donors (Lipinski definition) is 1. The van der Waals surface area contributed by atoms with E-state index in [1.807, 2.05) is 12.1 Å². The maximum Gasteiger partial charge on any atom is 0.0740 e. The highest BCUT2D eigenvalue weighted by molar-refractivity contribution is 6.30. The minimum Gasteiger partial charge on any atom is -0.398 e. The maximum absolute atomic E-state index is 6.07. The third-order valence-corrected chi connectivity index (χ3v) is 4.16. The summed E-state index contributed by atoms with van der Waals surface area (Å²) in [5.74, 6) is 0.733. The molecule has 0 spiro atoms. The van der Waals surface area contributed by atoms with Gasteiger partial charge < -0.3 is 10.5 Å². The number of ether oxygens (including phenoxy) is 1. The number of nitrogens with two attached hydrogens (primary N) is 1. The standard InChI is InChI=1S/C16H24ClNO/c1-11-6-14(9-16(2,3)8-11)19-10-12-4-5-13(17)7-15(12)18/h4-5,7,11,14H,6,8-10,18H2,1-3H3. The molecule has 106 valence electrons. The number of benzene rings is 1. The zero-order chi connectivity index (χ0) is 14.0. The van der Waals surface area contributed by atoms with Crippen molar-refractivity contribution in [3.63, 3.8) is 0 Å². The van der Waals surface area contributed by atoms with Crippen LogP contribution in [0.4, 0.5) is 5.69 Å². The molecule has 1 aromatic rings. The smallest absolute Gasteiger partial charge is 0.0740 e. The second kappa shape index (κ2) is 5.72. The SMILES string of the molecule is CC1CC(OCc2ccc(Cl)cc2N)CC(C)(C)C1. The number of nitrogen functional groups attached to an aromatic ring is 1. The van der Waals surface area contributed by atoms with Gasteiger partial charge in [0.05, 0.1) is 12.7 Å². The van der Waals surface area contributed by atoms with Gasteiger partial charge >= 0.3 is 0 Å². The monoisotopic (exact) mass is 281 g/mol. The summed E-state index contributed by atoms with van der Waals surface area (Å²) in [6.07, 6.45) is 3.91. The molecular weight excluding hydrogens is 258 g/mol. The maximum atomic E-state index is 6.07. The number of halogens is 1. The lowest BCUT2D eigenvalue weighted by molar-refractivity contribution is -0.0314. The molecule has 1 aliphatic carbocycles. The highest BCUT2D eigenvalue weighted by Gasteiger charge is 2.32. The summed E-state index contributed by atoms with van der Waals surface area (Å²) in [5.41, 5.74) is 8.08. The molecule has 2 nitrogen and oxygen atoms in total. The topological polar surface area (TPSA) is 35.2 Å². The zero-order valence-corrected chi connectivity index (χ0v) is 12.8. The first-order valence-corrected chi connectivity index (χ1v) is 7.39. The average molecular weight is 282 g/mol. The van der Waals surface area contributed by atoms with Gasteiger partial charge in [-0.2, -0.15) is 0 Å². The molecule has 0 aromatic heterocycles. The Balaban J connectivity index is 1.95. The Labute approximate surface area is 121 Å². The van der Waals surface area contributed by atoms with Crippen LogP contribution in [0.1, 0.15) is 45.6 Å². The first-order valence-electron chi connectivity index (χ1n) is 7.01. The third kappa shape index (κ3) is 4.12. The van der Waals surface area contributed by atoms with Crippen LogP contribution in [0.5, 0.6) is 0 Å². The van der Waals surface area contributed by atoms with Crippen molar-refractivity contribution in [3.8, 4) is 0 Å². The minimum atomic E-state index is 0.342. The molecule has 0 radical (unpaired) electrons. The third-order valence-electron chi connectivity index (χ3n) is 3.93. The van der Waals surface area contributed by atoms with E-state index in [0.717, 1.165) is 30.0 Å². The molecule has 0 aliphatic heterocycles. The largest absolute Gasteiger partial charge is 0.398 e. The van der Waals surface area contributed by atoms with Crippen LogP contribution in [0, 0.1) is 11.3 Å². The lowest BCUT2D eigenvalue weighted by Gasteiger charge is -2.38. The predicted octanol–water partition coefficient (Wildman–Crippen LogP) is 4.65. The van der Waals surface area contributed by atoms with Crippen LogP contribution in [0.3, 0.4) is 0 Å². The summed E-state index contributed by atoms with van der Waals surface area (Å²) in [6.45, 7) is 7.55. The van der Waals surface area contributed by atoms with Gasteiger partial charge in [-0.25, -0.2) is 0 Å². The van der Waals surface area contributed by atoms with Crippen molar-refractivity contribution >= 4 is 17.3 Å². The van der Waals surface area contributed by atoms with Crippen molar-refractivity contribution in [2.24, 2.45) is 11.3 Å². The Morgan fingerprint density at radius 3 is 2.74 bits per heavy atom. The second-order valence-electron chi connectivity index (χ2n) is 6.69. The Morgan fingerprint density at radius 2 is 2.11 bits per heavy atom. The predicted molar refractivity (Wildman–Crippen MR) is 81.2 cm³/mol. The minimum absolute atomic E-state index is 0.342. The van der Waals surface area contributed by atoms with Gasteiger partial charge in [0.15, 0.2) is 0 Å². The van der Waals surface area contributed by atoms with Crippen molar-refractivity contribution in [1.82, 2.24) is 0 Å². The molecule has 0 heterocycles. The molecule has 19 heavy (non-hydrogen) atoms. The molecule has 2 rings (SSSR count). The Bertz CT molecular complexity index is 444. The molecule has 0 bridgehead atoms.